The molecule has 84 valence electrons. The molecule has 0 fully saturated rings. The Labute approximate surface area is 100 Å². The minimum Gasteiger partial charge on any atom is -0.326 e. The Balaban J connectivity index is 1.74. The summed E-state index contributed by atoms with van der Waals surface area (Å²) in [6.07, 6.45) is 0.856. The van der Waals surface area contributed by atoms with Gasteiger partial charge in [-0.15, -0.1) is 0 Å². The normalized spacial score (nSPS) is 16.8. The van der Waals surface area contributed by atoms with Crippen LogP contribution in [0.25, 0.3) is 0 Å². The standard InChI is InChI=1S/C15H13NO/c17-15(16-12-7-2-1-3-8-12)14-10-11-6-4-5-9-13(11)14/h1-9,14H,10H2,(H,16,17)/t14-/m1/s1. The van der Waals surface area contributed by atoms with E-state index in [1.165, 1.54) is 11.1 Å². The lowest BCUT2D eigenvalue weighted by Gasteiger charge is -2.28. The third-order valence-corrected chi connectivity index (χ3v) is 3.21. The van der Waals surface area contributed by atoms with E-state index in [1.807, 2.05) is 48.5 Å². The fourth-order valence-electron chi connectivity index (χ4n) is 2.24. The van der Waals surface area contributed by atoms with E-state index in [-0.39, 0.29) is 11.8 Å². The zero-order valence-electron chi connectivity index (χ0n) is 9.39. The number of rotatable bonds is 2. The SMILES string of the molecule is O=C(Nc1ccccc1)[C@@H]1Cc2ccccc21. The topological polar surface area (TPSA) is 29.1 Å². The molecule has 17 heavy (non-hydrogen) atoms. The van der Waals surface area contributed by atoms with Crippen LogP contribution in [0.5, 0.6) is 0 Å². The van der Waals surface area contributed by atoms with E-state index >= 15 is 0 Å². The van der Waals surface area contributed by atoms with Gasteiger partial charge >= 0.3 is 0 Å². The fraction of sp³-hybridized carbons (Fsp3) is 0.133. The Hall–Kier alpha value is -2.09. The van der Waals surface area contributed by atoms with Crippen molar-refractivity contribution in [1.29, 1.82) is 0 Å². The molecule has 0 saturated carbocycles. The maximum absolute atomic E-state index is 12.0. The molecule has 1 aliphatic carbocycles. The molecule has 1 aliphatic rings. The molecular formula is C15H13NO. The molecular weight excluding hydrogens is 210 g/mol. The van der Waals surface area contributed by atoms with Gasteiger partial charge in [-0.05, 0) is 29.7 Å². The largest absolute Gasteiger partial charge is 0.326 e. The Morgan fingerprint density at radius 1 is 1.00 bits per heavy atom. The second-order valence-corrected chi connectivity index (χ2v) is 4.31. The monoisotopic (exact) mass is 223 g/mol. The van der Waals surface area contributed by atoms with Crippen LogP contribution in [-0.4, -0.2) is 5.91 Å². The van der Waals surface area contributed by atoms with Crippen molar-refractivity contribution >= 4 is 11.6 Å². The van der Waals surface area contributed by atoms with E-state index in [0.717, 1.165) is 12.1 Å². The summed E-state index contributed by atoms with van der Waals surface area (Å²) < 4.78 is 0. The number of hydrogen-bond donors (Lipinski definition) is 1. The smallest absolute Gasteiger partial charge is 0.232 e. The third-order valence-electron chi connectivity index (χ3n) is 3.21. The number of amides is 1. The molecule has 1 amide bonds. The Morgan fingerprint density at radius 3 is 2.47 bits per heavy atom. The zero-order valence-corrected chi connectivity index (χ0v) is 9.39. The average molecular weight is 223 g/mol. The molecule has 0 radical (unpaired) electrons. The molecule has 0 saturated heterocycles. The van der Waals surface area contributed by atoms with Gasteiger partial charge in [-0.25, -0.2) is 0 Å². The molecule has 2 aromatic rings. The van der Waals surface area contributed by atoms with Crippen molar-refractivity contribution in [3.05, 3.63) is 65.7 Å². The van der Waals surface area contributed by atoms with Crippen LogP contribution in [0.1, 0.15) is 17.0 Å². The van der Waals surface area contributed by atoms with E-state index in [9.17, 15) is 4.79 Å². The van der Waals surface area contributed by atoms with Crippen LogP contribution in [-0.2, 0) is 11.2 Å². The number of nitrogens with one attached hydrogen (secondary N) is 1. The summed E-state index contributed by atoms with van der Waals surface area (Å²) in [5, 5.41) is 2.95. The molecule has 2 aromatic carbocycles. The predicted molar refractivity (Wildman–Crippen MR) is 68.0 cm³/mol. The van der Waals surface area contributed by atoms with Crippen molar-refractivity contribution in [2.75, 3.05) is 5.32 Å². The first-order valence-corrected chi connectivity index (χ1v) is 5.78. The minimum atomic E-state index is 0.0198. The van der Waals surface area contributed by atoms with Crippen LogP contribution in [0.3, 0.4) is 0 Å². The highest BCUT2D eigenvalue weighted by molar-refractivity contribution is 5.97. The summed E-state index contributed by atoms with van der Waals surface area (Å²) in [5.41, 5.74) is 3.32. The summed E-state index contributed by atoms with van der Waals surface area (Å²) in [5.74, 6) is 0.112. The lowest BCUT2D eigenvalue weighted by Crippen LogP contribution is -2.30. The summed E-state index contributed by atoms with van der Waals surface area (Å²) >= 11 is 0. The van der Waals surface area contributed by atoms with Gasteiger partial charge in [-0.3, -0.25) is 4.79 Å². The van der Waals surface area contributed by atoms with E-state index in [4.69, 9.17) is 0 Å². The summed E-state index contributed by atoms with van der Waals surface area (Å²) in [6, 6.07) is 17.7. The Bertz CT molecular complexity index is 548. The van der Waals surface area contributed by atoms with Gasteiger partial charge in [-0.1, -0.05) is 42.5 Å². The van der Waals surface area contributed by atoms with E-state index in [1.54, 1.807) is 0 Å². The van der Waals surface area contributed by atoms with Gasteiger partial charge in [-0.2, -0.15) is 0 Å². The van der Waals surface area contributed by atoms with Crippen molar-refractivity contribution in [2.24, 2.45) is 0 Å². The molecule has 0 spiro atoms. The van der Waals surface area contributed by atoms with Crippen molar-refractivity contribution in [3.8, 4) is 0 Å². The summed E-state index contributed by atoms with van der Waals surface area (Å²) in [7, 11) is 0. The third kappa shape index (κ3) is 1.82. The van der Waals surface area contributed by atoms with Crippen LogP contribution < -0.4 is 5.32 Å². The lowest BCUT2D eigenvalue weighted by atomic mass is 9.77. The van der Waals surface area contributed by atoms with Gasteiger partial charge in [0.25, 0.3) is 0 Å². The molecule has 2 nitrogen and oxygen atoms in total. The number of carbonyl (C=O) groups is 1. The number of anilines is 1. The molecule has 0 heterocycles. The molecule has 0 unspecified atom stereocenters. The number of benzene rings is 2. The minimum absolute atomic E-state index is 0.0198. The molecule has 1 N–H and O–H groups in total. The quantitative estimate of drug-likeness (QED) is 0.833. The van der Waals surface area contributed by atoms with Gasteiger partial charge in [0, 0.05) is 5.69 Å². The average Bonchev–Trinajstić information content (AvgIpc) is 2.32. The van der Waals surface area contributed by atoms with Crippen LogP contribution in [0.2, 0.25) is 0 Å². The van der Waals surface area contributed by atoms with Crippen LogP contribution in [0.15, 0.2) is 54.6 Å². The molecule has 1 atom stereocenters. The second kappa shape index (κ2) is 4.06. The Kier molecular flexibility index (Phi) is 2.41. The molecule has 0 aromatic heterocycles. The number of hydrogen-bond acceptors (Lipinski definition) is 1. The van der Waals surface area contributed by atoms with Crippen LogP contribution in [0, 0.1) is 0 Å². The van der Waals surface area contributed by atoms with E-state index in [2.05, 4.69) is 11.4 Å². The van der Waals surface area contributed by atoms with Crippen molar-refractivity contribution < 1.29 is 4.79 Å². The predicted octanol–water partition coefficient (Wildman–Crippen LogP) is 2.97. The lowest BCUT2D eigenvalue weighted by molar-refractivity contribution is -0.118. The van der Waals surface area contributed by atoms with Gasteiger partial charge in [0.1, 0.15) is 0 Å². The van der Waals surface area contributed by atoms with Crippen LogP contribution >= 0.6 is 0 Å². The first kappa shape index (κ1) is 10.1. The van der Waals surface area contributed by atoms with Crippen molar-refractivity contribution in [1.82, 2.24) is 0 Å². The zero-order chi connectivity index (χ0) is 11.7. The van der Waals surface area contributed by atoms with Gasteiger partial charge in [0.15, 0.2) is 0 Å². The number of fused-ring (bicyclic) bond motifs is 1. The molecule has 0 bridgehead atoms. The fourth-order valence-corrected chi connectivity index (χ4v) is 2.24. The highest BCUT2D eigenvalue weighted by Gasteiger charge is 2.31. The maximum Gasteiger partial charge on any atom is 0.232 e. The van der Waals surface area contributed by atoms with Crippen LogP contribution in [0.4, 0.5) is 5.69 Å². The maximum atomic E-state index is 12.0. The van der Waals surface area contributed by atoms with Crippen molar-refractivity contribution in [3.63, 3.8) is 0 Å². The highest BCUT2D eigenvalue weighted by atomic mass is 16.1. The second-order valence-electron chi connectivity index (χ2n) is 4.31. The van der Waals surface area contributed by atoms with Gasteiger partial charge in [0.2, 0.25) is 5.91 Å². The Morgan fingerprint density at radius 2 is 1.71 bits per heavy atom. The van der Waals surface area contributed by atoms with Crippen molar-refractivity contribution in [2.45, 2.75) is 12.3 Å². The first-order valence-electron chi connectivity index (χ1n) is 5.78. The van der Waals surface area contributed by atoms with Gasteiger partial charge < -0.3 is 5.32 Å². The molecule has 2 heteroatoms. The summed E-state index contributed by atoms with van der Waals surface area (Å²) in [6.45, 7) is 0. The number of para-hydroxylation sites is 1. The summed E-state index contributed by atoms with van der Waals surface area (Å²) in [4.78, 5) is 12.0. The van der Waals surface area contributed by atoms with Gasteiger partial charge in [0.05, 0.1) is 5.92 Å². The van der Waals surface area contributed by atoms with E-state index < -0.39 is 0 Å². The van der Waals surface area contributed by atoms with E-state index in [0.29, 0.717) is 0 Å². The first-order chi connectivity index (χ1) is 8.34. The number of carbonyl (C=O) groups excluding carboxylic acids is 1. The molecule has 3 rings (SSSR count). The highest BCUT2D eigenvalue weighted by Crippen LogP contribution is 2.35. The molecule has 0 aliphatic heterocycles.